The first-order chi connectivity index (χ1) is 6.15. The molecule has 1 N–H and O–H groups in total. The first kappa shape index (κ1) is 9.56. The van der Waals surface area contributed by atoms with Crippen LogP contribution in [0.2, 0.25) is 0 Å². The summed E-state index contributed by atoms with van der Waals surface area (Å²) in [7, 11) is 0. The highest BCUT2D eigenvalue weighted by molar-refractivity contribution is 6.29. The Labute approximate surface area is 80.2 Å². The van der Waals surface area contributed by atoms with Crippen molar-refractivity contribution in [2.75, 3.05) is 0 Å². The van der Waals surface area contributed by atoms with Crippen LogP contribution in [0, 0.1) is 11.3 Å². The summed E-state index contributed by atoms with van der Waals surface area (Å²) in [6, 6.07) is 8.15. The van der Waals surface area contributed by atoms with Crippen LogP contribution in [0.3, 0.4) is 0 Å². The van der Waals surface area contributed by atoms with Gasteiger partial charge in [0.15, 0.2) is 5.38 Å². The molecule has 0 saturated heterocycles. The van der Waals surface area contributed by atoms with Gasteiger partial charge in [-0.2, -0.15) is 5.26 Å². The lowest BCUT2D eigenvalue weighted by Gasteiger charge is -2.03. The van der Waals surface area contributed by atoms with Crippen LogP contribution in [0.1, 0.15) is 16.5 Å². The molecule has 1 aromatic rings. The molecule has 3 nitrogen and oxygen atoms in total. The van der Waals surface area contributed by atoms with Crippen LogP contribution in [0.5, 0.6) is 0 Å². The Morgan fingerprint density at radius 1 is 1.62 bits per heavy atom. The minimum Gasteiger partial charge on any atom is -0.480 e. The molecule has 1 unspecified atom stereocenters. The second-order valence-corrected chi connectivity index (χ2v) is 2.87. The third-order valence-electron chi connectivity index (χ3n) is 1.53. The maximum Gasteiger partial charge on any atom is 0.326 e. The maximum atomic E-state index is 10.5. The molecule has 0 aliphatic carbocycles. The fraction of sp³-hybridized carbons (Fsp3) is 0.111. The molecule has 1 atom stereocenters. The molecule has 0 aromatic heterocycles. The van der Waals surface area contributed by atoms with Gasteiger partial charge in [-0.25, -0.2) is 0 Å². The molecule has 0 spiro atoms. The smallest absolute Gasteiger partial charge is 0.326 e. The van der Waals surface area contributed by atoms with Crippen molar-refractivity contribution >= 4 is 17.6 Å². The summed E-state index contributed by atoms with van der Waals surface area (Å²) in [4.78, 5) is 10.5. The zero-order valence-electron chi connectivity index (χ0n) is 6.57. The first-order valence-electron chi connectivity index (χ1n) is 3.52. The molecule has 0 aliphatic heterocycles. The summed E-state index contributed by atoms with van der Waals surface area (Å²) in [5.74, 6) is -1.11. The van der Waals surface area contributed by atoms with Gasteiger partial charge >= 0.3 is 5.97 Å². The van der Waals surface area contributed by atoms with E-state index >= 15 is 0 Å². The van der Waals surface area contributed by atoms with E-state index in [2.05, 4.69) is 0 Å². The number of hydrogen-bond acceptors (Lipinski definition) is 2. The molecule has 1 rings (SSSR count). The number of aliphatic carboxylic acids is 1. The van der Waals surface area contributed by atoms with E-state index < -0.39 is 11.3 Å². The fourth-order valence-corrected chi connectivity index (χ4v) is 1.04. The molecule has 0 amide bonds. The van der Waals surface area contributed by atoms with Gasteiger partial charge in [0.05, 0.1) is 11.6 Å². The van der Waals surface area contributed by atoms with Crippen molar-refractivity contribution in [1.82, 2.24) is 0 Å². The summed E-state index contributed by atoms with van der Waals surface area (Å²) in [5.41, 5.74) is 0.831. The molecule has 4 heteroatoms. The summed E-state index contributed by atoms with van der Waals surface area (Å²) in [5, 5.41) is 16.0. The summed E-state index contributed by atoms with van der Waals surface area (Å²) in [6.45, 7) is 0. The molecular formula is C9H6ClNO2. The minimum atomic E-state index is -1.11. The molecule has 0 aliphatic rings. The zero-order valence-corrected chi connectivity index (χ0v) is 7.32. The van der Waals surface area contributed by atoms with Gasteiger partial charge < -0.3 is 5.11 Å². The van der Waals surface area contributed by atoms with Gasteiger partial charge in [0.25, 0.3) is 0 Å². The molecule has 1 aromatic carbocycles. The first-order valence-corrected chi connectivity index (χ1v) is 3.95. The van der Waals surface area contributed by atoms with E-state index in [1.807, 2.05) is 6.07 Å². The lowest BCUT2D eigenvalue weighted by Crippen LogP contribution is -2.04. The lowest BCUT2D eigenvalue weighted by molar-refractivity contribution is -0.136. The summed E-state index contributed by atoms with van der Waals surface area (Å²) >= 11 is 5.56. The fourth-order valence-electron chi connectivity index (χ4n) is 0.908. The second-order valence-electron chi connectivity index (χ2n) is 2.44. The molecule has 66 valence electrons. The number of hydrogen-bond donors (Lipinski definition) is 1. The van der Waals surface area contributed by atoms with Crippen molar-refractivity contribution < 1.29 is 9.90 Å². The maximum absolute atomic E-state index is 10.5. The Bertz CT molecular complexity index is 370. The number of carboxylic acid groups (broad SMARTS) is 1. The predicted octanol–water partition coefficient (Wildman–Crippen LogP) is 1.92. The molecule has 0 saturated carbocycles. The standard InChI is InChI=1S/C9H6ClNO2/c10-8(9(12)13)7-3-1-2-6(4-7)5-11/h1-4,8H,(H,12,13). The van der Waals surface area contributed by atoms with E-state index in [4.69, 9.17) is 22.0 Å². The van der Waals surface area contributed by atoms with Gasteiger partial charge in [0.1, 0.15) is 0 Å². The van der Waals surface area contributed by atoms with Crippen LogP contribution in [-0.2, 0) is 4.79 Å². The van der Waals surface area contributed by atoms with Crippen molar-refractivity contribution in [2.24, 2.45) is 0 Å². The molecular weight excluding hydrogens is 190 g/mol. The average Bonchev–Trinajstić information content (AvgIpc) is 2.16. The highest BCUT2D eigenvalue weighted by Crippen LogP contribution is 2.20. The number of alkyl halides is 1. The van der Waals surface area contributed by atoms with Crippen molar-refractivity contribution in [1.29, 1.82) is 5.26 Å². The van der Waals surface area contributed by atoms with Crippen LogP contribution >= 0.6 is 11.6 Å². The van der Waals surface area contributed by atoms with E-state index in [0.717, 1.165) is 0 Å². The summed E-state index contributed by atoms with van der Waals surface area (Å²) in [6.07, 6.45) is 0. The number of halogens is 1. The van der Waals surface area contributed by atoms with Crippen LogP contribution < -0.4 is 0 Å². The lowest BCUT2D eigenvalue weighted by atomic mass is 10.1. The van der Waals surface area contributed by atoms with Crippen molar-refractivity contribution in [3.05, 3.63) is 35.4 Å². The van der Waals surface area contributed by atoms with Crippen molar-refractivity contribution in [3.8, 4) is 6.07 Å². The van der Waals surface area contributed by atoms with Crippen LogP contribution in [-0.4, -0.2) is 11.1 Å². The van der Waals surface area contributed by atoms with Gasteiger partial charge in [-0.15, -0.1) is 11.6 Å². The number of benzene rings is 1. The van der Waals surface area contributed by atoms with Gasteiger partial charge in [-0.1, -0.05) is 12.1 Å². The van der Waals surface area contributed by atoms with E-state index in [-0.39, 0.29) is 0 Å². The highest BCUT2D eigenvalue weighted by Gasteiger charge is 2.15. The quantitative estimate of drug-likeness (QED) is 0.734. The summed E-state index contributed by atoms with van der Waals surface area (Å²) < 4.78 is 0. The number of rotatable bonds is 2. The van der Waals surface area contributed by atoms with Crippen LogP contribution in [0.25, 0.3) is 0 Å². The van der Waals surface area contributed by atoms with E-state index in [1.165, 1.54) is 6.07 Å². The SMILES string of the molecule is N#Cc1cccc(C(Cl)C(=O)O)c1. The van der Waals surface area contributed by atoms with Crippen molar-refractivity contribution in [2.45, 2.75) is 5.38 Å². The Balaban J connectivity index is 3.03. The molecule has 0 fully saturated rings. The number of carboxylic acids is 1. The van der Waals surface area contributed by atoms with E-state index in [9.17, 15) is 4.79 Å². The van der Waals surface area contributed by atoms with Gasteiger partial charge in [-0.05, 0) is 17.7 Å². The van der Waals surface area contributed by atoms with Gasteiger partial charge in [0, 0.05) is 0 Å². The normalized spacial score (nSPS) is 11.7. The number of nitrogens with zero attached hydrogens (tertiary/aromatic N) is 1. The Hall–Kier alpha value is -1.53. The molecule has 0 heterocycles. The number of nitriles is 1. The van der Waals surface area contributed by atoms with E-state index in [0.29, 0.717) is 11.1 Å². The third kappa shape index (κ3) is 2.20. The second kappa shape index (κ2) is 3.92. The van der Waals surface area contributed by atoms with Crippen LogP contribution in [0.4, 0.5) is 0 Å². The molecule has 0 radical (unpaired) electrons. The van der Waals surface area contributed by atoms with Crippen molar-refractivity contribution in [3.63, 3.8) is 0 Å². The predicted molar refractivity (Wildman–Crippen MR) is 47.4 cm³/mol. The zero-order chi connectivity index (χ0) is 9.84. The van der Waals surface area contributed by atoms with Gasteiger partial charge in [0.2, 0.25) is 0 Å². The largest absolute Gasteiger partial charge is 0.480 e. The Kier molecular flexibility index (Phi) is 2.88. The Morgan fingerprint density at radius 2 is 2.31 bits per heavy atom. The van der Waals surface area contributed by atoms with Crippen LogP contribution in [0.15, 0.2) is 24.3 Å². The monoisotopic (exact) mass is 195 g/mol. The highest BCUT2D eigenvalue weighted by atomic mass is 35.5. The Morgan fingerprint density at radius 3 is 2.85 bits per heavy atom. The molecule has 0 bridgehead atoms. The number of carbonyl (C=O) groups is 1. The minimum absolute atomic E-state index is 0.407. The molecule has 13 heavy (non-hydrogen) atoms. The topological polar surface area (TPSA) is 61.1 Å². The third-order valence-corrected chi connectivity index (χ3v) is 1.96. The average molecular weight is 196 g/mol. The van der Waals surface area contributed by atoms with E-state index in [1.54, 1.807) is 18.2 Å². The van der Waals surface area contributed by atoms with Gasteiger partial charge in [-0.3, -0.25) is 4.79 Å².